The number of rotatable bonds is 6. The predicted octanol–water partition coefficient (Wildman–Crippen LogP) is 1.78. The summed E-state index contributed by atoms with van der Waals surface area (Å²) in [5.74, 6) is 1.67. The van der Waals surface area contributed by atoms with Gasteiger partial charge in [0.15, 0.2) is 5.70 Å². The molecular formula is C28H22ClN2OP. The lowest BCUT2D eigenvalue weighted by atomic mass is 10.2. The summed E-state index contributed by atoms with van der Waals surface area (Å²) in [5, 5.41) is 16.2. The van der Waals surface area contributed by atoms with Crippen molar-refractivity contribution >= 4 is 29.1 Å². The van der Waals surface area contributed by atoms with Crippen LogP contribution in [-0.4, -0.2) is 5.91 Å². The molecule has 0 aliphatic carbocycles. The molecule has 0 aliphatic rings. The molecule has 0 aliphatic heterocycles. The van der Waals surface area contributed by atoms with Gasteiger partial charge in [-0.05, 0) is 48.5 Å². The third-order valence-electron chi connectivity index (χ3n) is 5.22. The van der Waals surface area contributed by atoms with Crippen molar-refractivity contribution in [3.8, 4) is 6.07 Å². The first-order valence-corrected chi connectivity index (χ1v) is 12.1. The molecule has 162 valence electrons. The fourth-order valence-electron chi connectivity index (χ4n) is 3.73. The minimum absolute atomic E-state index is 0. The van der Waals surface area contributed by atoms with Crippen molar-refractivity contribution in [1.29, 1.82) is 5.26 Å². The molecule has 3 nitrogen and oxygen atoms in total. The lowest BCUT2D eigenvalue weighted by molar-refractivity contribution is -0.0000148. The van der Waals surface area contributed by atoms with Crippen LogP contribution in [0.15, 0.2) is 133 Å². The standard InChI is InChI=1S/C28H21N2OP.ClH/c29-21-24(30-28(31)23-13-5-1-6-14-23)22-32(25-15-7-2-8-16-25,26-17-9-3-10-18-26)27-19-11-4-12-20-27;/h1-20,22H;1H/b24-22+;. The number of benzene rings is 4. The summed E-state index contributed by atoms with van der Waals surface area (Å²) >= 11 is 0. The highest BCUT2D eigenvalue weighted by Crippen LogP contribution is 2.57. The van der Waals surface area contributed by atoms with Crippen LogP contribution >= 0.6 is 7.26 Å². The zero-order valence-electron chi connectivity index (χ0n) is 17.8. The van der Waals surface area contributed by atoms with Crippen molar-refractivity contribution in [2.75, 3.05) is 0 Å². The second kappa shape index (κ2) is 11.2. The predicted molar refractivity (Wildman–Crippen MR) is 133 cm³/mol. The lowest BCUT2D eigenvalue weighted by Crippen LogP contribution is -3.00. The number of nitriles is 1. The Bertz CT molecular complexity index is 1160. The molecule has 0 aromatic heterocycles. The van der Waals surface area contributed by atoms with E-state index in [1.807, 2.05) is 66.5 Å². The second-order valence-electron chi connectivity index (χ2n) is 7.20. The summed E-state index contributed by atoms with van der Waals surface area (Å²) in [7, 11) is -2.37. The highest BCUT2D eigenvalue weighted by Gasteiger charge is 2.44. The van der Waals surface area contributed by atoms with Gasteiger partial charge in [0.1, 0.15) is 35.1 Å². The van der Waals surface area contributed by atoms with Gasteiger partial charge in [0, 0.05) is 5.56 Å². The fraction of sp³-hybridized carbons (Fsp3) is 0. The maximum Gasteiger partial charge on any atom is 0.256 e. The highest BCUT2D eigenvalue weighted by atomic mass is 35.5. The lowest BCUT2D eigenvalue weighted by Gasteiger charge is -2.24. The summed E-state index contributed by atoms with van der Waals surface area (Å²) in [6.07, 6.45) is 0. The number of amides is 1. The van der Waals surface area contributed by atoms with Gasteiger partial charge < -0.3 is 17.7 Å². The molecule has 0 bridgehead atoms. The van der Waals surface area contributed by atoms with Gasteiger partial charge in [-0.3, -0.25) is 4.79 Å². The molecule has 0 spiro atoms. The number of hydrogen-bond acceptors (Lipinski definition) is 2. The molecule has 1 amide bonds. The number of allylic oxidation sites excluding steroid dienone is 1. The van der Waals surface area contributed by atoms with Gasteiger partial charge in [-0.15, -0.1) is 0 Å². The second-order valence-corrected chi connectivity index (χ2v) is 10.5. The van der Waals surface area contributed by atoms with E-state index in [9.17, 15) is 10.1 Å². The van der Waals surface area contributed by atoms with Crippen LogP contribution in [0.1, 0.15) is 10.4 Å². The maximum atomic E-state index is 12.8. The van der Waals surface area contributed by atoms with Crippen molar-refractivity contribution < 1.29 is 17.2 Å². The molecule has 33 heavy (non-hydrogen) atoms. The number of carbonyl (C=O) groups excluding carboxylic acids is 1. The normalized spacial score (nSPS) is 11.1. The molecule has 4 rings (SSSR count). The van der Waals surface area contributed by atoms with E-state index in [0.29, 0.717) is 5.56 Å². The molecule has 4 aromatic carbocycles. The summed E-state index contributed by atoms with van der Waals surface area (Å²) in [4.78, 5) is 12.8. The van der Waals surface area contributed by atoms with Crippen LogP contribution in [0.25, 0.3) is 0 Å². The van der Waals surface area contributed by atoms with E-state index in [2.05, 4.69) is 47.8 Å². The summed E-state index contributed by atoms with van der Waals surface area (Å²) < 4.78 is 0. The van der Waals surface area contributed by atoms with Crippen molar-refractivity contribution in [2.45, 2.75) is 0 Å². The van der Waals surface area contributed by atoms with E-state index >= 15 is 0 Å². The number of halogens is 1. The SMILES string of the molecule is N#C/C(=C\[P+](c1ccccc1)(c1ccccc1)c1ccccc1)NC(=O)c1ccccc1.[Cl-]. The Hall–Kier alpha value is -3.70. The Morgan fingerprint density at radius 3 is 1.39 bits per heavy atom. The molecule has 0 fully saturated rings. The van der Waals surface area contributed by atoms with Crippen LogP contribution in [0.5, 0.6) is 0 Å². The zero-order chi connectivity index (χ0) is 22.2. The van der Waals surface area contributed by atoms with Crippen LogP contribution in [0.3, 0.4) is 0 Å². The molecule has 1 N–H and O–H groups in total. The molecule has 5 heteroatoms. The minimum atomic E-state index is -2.37. The summed E-state index contributed by atoms with van der Waals surface area (Å²) in [5.41, 5.74) is 0.750. The highest BCUT2D eigenvalue weighted by molar-refractivity contribution is 7.98. The number of nitrogens with one attached hydrogen (secondary N) is 1. The molecule has 0 atom stereocenters. The van der Waals surface area contributed by atoms with E-state index in [4.69, 9.17) is 0 Å². The average Bonchev–Trinajstić information content (AvgIpc) is 2.88. The van der Waals surface area contributed by atoms with E-state index in [-0.39, 0.29) is 24.0 Å². The summed E-state index contributed by atoms with van der Waals surface area (Å²) in [6, 6.07) is 41.8. The molecule has 4 aromatic rings. The van der Waals surface area contributed by atoms with E-state index in [0.717, 1.165) is 15.9 Å². The number of nitrogens with zero attached hydrogens (tertiary/aromatic N) is 1. The van der Waals surface area contributed by atoms with Gasteiger partial charge in [0.25, 0.3) is 5.91 Å². The van der Waals surface area contributed by atoms with Crippen LogP contribution < -0.4 is 33.6 Å². The molecular weight excluding hydrogens is 447 g/mol. The number of carbonyl (C=O) groups is 1. The summed E-state index contributed by atoms with van der Waals surface area (Å²) in [6.45, 7) is 0. The van der Waals surface area contributed by atoms with Crippen molar-refractivity contribution in [2.24, 2.45) is 0 Å². The van der Waals surface area contributed by atoms with E-state index in [1.165, 1.54) is 0 Å². The Balaban J connectivity index is 0.00000306. The molecule has 0 unspecified atom stereocenters. The van der Waals surface area contributed by atoms with Crippen molar-refractivity contribution in [1.82, 2.24) is 5.32 Å². The topological polar surface area (TPSA) is 52.9 Å². The van der Waals surface area contributed by atoms with Gasteiger partial charge in [0.05, 0.1) is 0 Å². The number of hydrogen-bond donors (Lipinski definition) is 1. The van der Waals surface area contributed by atoms with Crippen LogP contribution in [-0.2, 0) is 0 Å². The molecule has 0 radical (unpaired) electrons. The van der Waals surface area contributed by atoms with Gasteiger partial charge in [-0.1, -0.05) is 72.8 Å². The zero-order valence-corrected chi connectivity index (χ0v) is 19.5. The van der Waals surface area contributed by atoms with Gasteiger partial charge in [-0.25, -0.2) is 0 Å². The maximum absolute atomic E-state index is 12.8. The first-order valence-electron chi connectivity index (χ1n) is 10.3. The molecule has 0 saturated carbocycles. The Kier molecular flexibility index (Phi) is 8.17. The Morgan fingerprint density at radius 1 is 0.667 bits per heavy atom. The van der Waals surface area contributed by atoms with Crippen LogP contribution in [0, 0.1) is 11.3 Å². The van der Waals surface area contributed by atoms with Gasteiger partial charge >= 0.3 is 0 Å². The third-order valence-corrected chi connectivity index (χ3v) is 9.20. The van der Waals surface area contributed by atoms with Crippen LogP contribution in [0.2, 0.25) is 0 Å². The molecule has 0 heterocycles. The quantitative estimate of drug-likeness (QED) is 0.346. The minimum Gasteiger partial charge on any atom is -1.00 e. The smallest absolute Gasteiger partial charge is 0.256 e. The first kappa shape index (κ1) is 24.0. The molecule has 0 saturated heterocycles. The fourth-order valence-corrected chi connectivity index (χ4v) is 7.51. The largest absolute Gasteiger partial charge is 1.00 e. The van der Waals surface area contributed by atoms with E-state index in [1.54, 1.807) is 24.3 Å². The average molecular weight is 469 g/mol. The van der Waals surface area contributed by atoms with E-state index < -0.39 is 7.26 Å². The van der Waals surface area contributed by atoms with Crippen molar-refractivity contribution in [3.63, 3.8) is 0 Å². The first-order chi connectivity index (χ1) is 15.7. The Labute approximate surface area is 201 Å². The third kappa shape index (κ3) is 5.21. The monoisotopic (exact) mass is 468 g/mol. The van der Waals surface area contributed by atoms with Gasteiger partial charge in [-0.2, -0.15) is 5.26 Å². The van der Waals surface area contributed by atoms with Gasteiger partial charge in [0.2, 0.25) is 0 Å². The van der Waals surface area contributed by atoms with Crippen molar-refractivity contribution in [3.05, 3.63) is 138 Å². The Morgan fingerprint density at radius 2 is 1.03 bits per heavy atom. The van der Waals surface area contributed by atoms with Crippen LogP contribution in [0.4, 0.5) is 0 Å².